The van der Waals surface area contributed by atoms with E-state index < -0.39 is 0 Å². The average molecular weight is 370 g/mol. The van der Waals surface area contributed by atoms with Crippen molar-refractivity contribution in [2.24, 2.45) is 5.92 Å². The van der Waals surface area contributed by atoms with Crippen LogP contribution in [0.25, 0.3) is 10.8 Å². The van der Waals surface area contributed by atoms with Gasteiger partial charge in [-0.05, 0) is 32.8 Å². The van der Waals surface area contributed by atoms with Crippen LogP contribution < -0.4 is 16.2 Å². The number of rotatable bonds is 6. The Morgan fingerprint density at radius 1 is 1.11 bits per heavy atom. The van der Waals surface area contributed by atoms with Gasteiger partial charge in [0, 0.05) is 24.4 Å². The molecule has 7 nitrogen and oxygen atoms in total. The minimum absolute atomic E-state index is 0.0682. The summed E-state index contributed by atoms with van der Waals surface area (Å²) in [4.78, 5) is 37.2. The lowest BCUT2D eigenvalue weighted by atomic mass is 10.1. The van der Waals surface area contributed by atoms with Gasteiger partial charge in [0.25, 0.3) is 11.5 Å². The molecule has 0 spiro atoms. The van der Waals surface area contributed by atoms with E-state index in [4.69, 9.17) is 0 Å². The molecule has 0 aliphatic heterocycles. The highest BCUT2D eigenvalue weighted by molar-refractivity contribution is 6.04. The Balaban J connectivity index is 1.69. The first kappa shape index (κ1) is 19.1. The molecule has 0 bridgehead atoms. The molecule has 2 N–H and O–H groups in total. The average Bonchev–Trinajstić information content (AvgIpc) is 3.20. The van der Waals surface area contributed by atoms with Crippen molar-refractivity contribution >= 4 is 22.6 Å². The predicted octanol–water partition coefficient (Wildman–Crippen LogP) is 2.01. The first-order valence-electron chi connectivity index (χ1n) is 9.56. The smallest absolute Gasteiger partial charge is 0.274 e. The van der Waals surface area contributed by atoms with Crippen LogP contribution >= 0.6 is 0 Å². The molecule has 27 heavy (non-hydrogen) atoms. The van der Waals surface area contributed by atoms with Crippen LogP contribution in [0.4, 0.5) is 0 Å². The Hall–Kier alpha value is -2.70. The second-order valence-electron chi connectivity index (χ2n) is 7.27. The summed E-state index contributed by atoms with van der Waals surface area (Å²) in [5, 5.41) is 11.0. The molecule has 7 heteroatoms. The number of hydrogen-bond donors (Lipinski definition) is 2. The Kier molecular flexibility index (Phi) is 5.88. The van der Waals surface area contributed by atoms with E-state index in [9.17, 15) is 14.4 Å². The standard InChI is InChI=1S/C20H26N4O3/c1-13(2)24-20(27)16-10-6-5-9-15(16)17(23-24)19(26)22-12-11-21-18(25)14-7-3-4-8-14/h5-6,9-10,13-14H,3-4,7-8,11-12H2,1-2H3,(H,21,25)(H,22,26). The van der Waals surface area contributed by atoms with Gasteiger partial charge >= 0.3 is 0 Å². The van der Waals surface area contributed by atoms with Crippen LogP contribution in [0.1, 0.15) is 56.1 Å². The van der Waals surface area contributed by atoms with Crippen LogP contribution in [0, 0.1) is 5.92 Å². The van der Waals surface area contributed by atoms with E-state index in [1.807, 2.05) is 13.8 Å². The summed E-state index contributed by atoms with van der Waals surface area (Å²) < 4.78 is 1.33. The van der Waals surface area contributed by atoms with Gasteiger partial charge in [0.05, 0.1) is 11.4 Å². The normalized spacial score (nSPS) is 14.6. The summed E-state index contributed by atoms with van der Waals surface area (Å²) in [5.41, 5.74) is 0.0157. The fraction of sp³-hybridized carbons (Fsp3) is 0.500. The van der Waals surface area contributed by atoms with Gasteiger partial charge in [-0.25, -0.2) is 4.68 Å². The Bertz CT molecular complexity index is 898. The predicted molar refractivity (Wildman–Crippen MR) is 104 cm³/mol. The quantitative estimate of drug-likeness (QED) is 0.761. The molecule has 1 heterocycles. The van der Waals surface area contributed by atoms with Crippen LogP contribution in [0.2, 0.25) is 0 Å². The Labute approximate surface area is 158 Å². The van der Waals surface area contributed by atoms with Gasteiger partial charge in [0.2, 0.25) is 5.91 Å². The molecule has 1 fully saturated rings. The summed E-state index contributed by atoms with van der Waals surface area (Å²) >= 11 is 0. The van der Waals surface area contributed by atoms with E-state index in [-0.39, 0.29) is 35.0 Å². The van der Waals surface area contributed by atoms with Gasteiger partial charge in [-0.3, -0.25) is 14.4 Å². The number of carbonyl (C=O) groups is 2. The first-order chi connectivity index (χ1) is 13.0. The molecular formula is C20H26N4O3. The van der Waals surface area contributed by atoms with Crippen molar-refractivity contribution in [1.82, 2.24) is 20.4 Å². The van der Waals surface area contributed by atoms with Gasteiger partial charge in [-0.15, -0.1) is 0 Å². The van der Waals surface area contributed by atoms with Crippen LogP contribution in [-0.4, -0.2) is 34.7 Å². The molecule has 2 aromatic rings. The topological polar surface area (TPSA) is 93.1 Å². The summed E-state index contributed by atoms with van der Waals surface area (Å²) in [6.45, 7) is 4.39. The molecule has 2 amide bonds. The number of carbonyl (C=O) groups excluding carboxylic acids is 2. The van der Waals surface area contributed by atoms with Crippen molar-refractivity contribution in [2.45, 2.75) is 45.6 Å². The Morgan fingerprint density at radius 3 is 2.41 bits per heavy atom. The number of benzene rings is 1. The molecule has 0 atom stereocenters. The lowest BCUT2D eigenvalue weighted by Crippen LogP contribution is -2.38. The summed E-state index contributed by atoms with van der Waals surface area (Å²) in [5.74, 6) is -0.171. The molecular weight excluding hydrogens is 344 g/mol. The van der Waals surface area contributed by atoms with Gasteiger partial charge < -0.3 is 10.6 Å². The summed E-state index contributed by atoms with van der Waals surface area (Å²) in [6.07, 6.45) is 4.12. The maximum Gasteiger partial charge on any atom is 0.274 e. The molecule has 144 valence electrons. The summed E-state index contributed by atoms with van der Waals surface area (Å²) in [6, 6.07) is 6.83. The van der Waals surface area contributed by atoms with Gasteiger partial charge in [0.1, 0.15) is 0 Å². The second-order valence-corrected chi connectivity index (χ2v) is 7.27. The minimum Gasteiger partial charge on any atom is -0.354 e. The monoisotopic (exact) mass is 370 g/mol. The van der Waals surface area contributed by atoms with Crippen molar-refractivity contribution in [2.75, 3.05) is 13.1 Å². The third-order valence-electron chi connectivity index (χ3n) is 4.97. The van der Waals surface area contributed by atoms with Crippen LogP contribution in [0.15, 0.2) is 29.1 Å². The van der Waals surface area contributed by atoms with E-state index in [2.05, 4.69) is 15.7 Å². The zero-order chi connectivity index (χ0) is 19.4. The first-order valence-corrected chi connectivity index (χ1v) is 9.56. The number of hydrogen-bond acceptors (Lipinski definition) is 4. The minimum atomic E-state index is -0.351. The molecule has 0 radical (unpaired) electrons. The van der Waals surface area contributed by atoms with Crippen molar-refractivity contribution in [1.29, 1.82) is 0 Å². The van der Waals surface area contributed by atoms with E-state index in [1.165, 1.54) is 4.68 Å². The fourth-order valence-electron chi connectivity index (χ4n) is 3.50. The highest BCUT2D eigenvalue weighted by atomic mass is 16.2. The second kappa shape index (κ2) is 8.33. The number of fused-ring (bicyclic) bond motifs is 1. The number of nitrogens with one attached hydrogen (secondary N) is 2. The van der Waals surface area contributed by atoms with Crippen LogP contribution in [-0.2, 0) is 4.79 Å². The van der Waals surface area contributed by atoms with Crippen LogP contribution in [0.5, 0.6) is 0 Å². The molecule has 1 saturated carbocycles. The molecule has 1 aromatic heterocycles. The van der Waals surface area contributed by atoms with E-state index in [0.717, 1.165) is 25.7 Å². The molecule has 1 aromatic carbocycles. The fourth-order valence-corrected chi connectivity index (χ4v) is 3.50. The zero-order valence-corrected chi connectivity index (χ0v) is 15.8. The SMILES string of the molecule is CC(C)n1nc(C(=O)NCCNC(=O)C2CCCC2)c2ccccc2c1=O. The maximum absolute atomic E-state index is 12.6. The Morgan fingerprint density at radius 2 is 1.74 bits per heavy atom. The highest BCUT2D eigenvalue weighted by Crippen LogP contribution is 2.24. The van der Waals surface area contributed by atoms with Crippen molar-refractivity contribution in [3.63, 3.8) is 0 Å². The highest BCUT2D eigenvalue weighted by Gasteiger charge is 2.22. The summed E-state index contributed by atoms with van der Waals surface area (Å²) in [7, 11) is 0. The number of aromatic nitrogens is 2. The van der Waals surface area contributed by atoms with Crippen molar-refractivity contribution in [3.8, 4) is 0 Å². The van der Waals surface area contributed by atoms with Crippen LogP contribution in [0.3, 0.4) is 0 Å². The zero-order valence-electron chi connectivity index (χ0n) is 15.8. The number of nitrogens with zero attached hydrogens (tertiary/aromatic N) is 2. The lowest BCUT2D eigenvalue weighted by Gasteiger charge is -2.14. The van der Waals surface area contributed by atoms with Crippen molar-refractivity contribution in [3.05, 3.63) is 40.3 Å². The van der Waals surface area contributed by atoms with Gasteiger partial charge in [0.15, 0.2) is 5.69 Å². The van der Waals surface area contributed by atoms with E-state index >= 15 is 0 Å². The largest absolute Gasteiger partial charge is 0.354 e. The lowest BCUT2D eigenvalue weighted by molar-refractivity contribution is -0.124. The van der Waals surface area contributed by atoms with E-state index in [0.29, 0.717) is 23.9 Å². The third-order valence-corrected chi connectivity index (χ3v) is 4.97. The maximum atomic E-state index is 12.6. The van der Waals surface area contributed by atoms with E-state index in [1.54, 1.807) is 24.3 Å². The number of amides is 2. The molecule has 0 unspecified atom stereocenters. The molecule has 3 rings (SSSR count). The molecule has 1 aliphatic carbocycles. The van der Waals surface area contributed by atoms with Gasteiger partial charge in [-0.1, -0.05) is 31.0 Å². The van der Waals surface area contributed by atoms with Crippen molar-refractivity contribution < 1.29 is 9.59 Å². The molecule has 1 aliphatic rings. The van der Waals surface area contributed by atoms with Gasteiger partial charge in [-0.2, -0.15) is 5.10 Å². The third kappa shape index (κ3) is 4.18. The molecule has 0 saturated heterocycles.